The SMILES string of the molecule is CN(C)C(=O)NCC(=O)N1CCCCC1CCc1ccccc1. The fourth-order valence-electron chi connectivity index (χ4n) is 3.02. The van der Waals surface area contributed by atoms with Crippen molar-refractivity contribution in [3.8, 4) is 0 Å². The summed E-state index contributed by atoms with van der Waals surface area (Å²) in [5.74, 6) is 0.0259. The molecule has 126 valence electrons. The number of hydrogen-bond acceptors (Lipinski definition) is 2. The summed E-state index contributed by atoms with van der Waals surface area (Å²) in [5.41, 5.74) is 1.31. The number of amides is 3. The van der Waals surface area contributed by atoms with Crippen molar-refractivity contribution in [2.75, 3.05) is 27.2 Å². The number of carbonyl (C=O) groups is 2. The number of likely N-dealkylation sites (tertiary alicyclic amines) is 1. The molecule has 0 bridgehead atoms. The summed E-state index contributed by atoms with van der Waals surface area (Å²) in [4.78, 5) is 27.4. The van der Waals surface area contributed by atoms with Crippen molar-refractivity contribution in [3.63, 3.8) is 0 Å². The van der Waals surface area contributed by atoms with Gasteiger partial charge in [0.25, 0.3) is 0 Å². The highest BCUT2D eigenvalue weighted by atomic mass is 16.2. The number of nitrogens with zero attached hydrogens (tertiary/aromatic N) is 2. The first-order chi connectivity index (χ1) is 11.1. The van der Waals surface area contributed by atoms with Crippen LogP contribution < -0.4 is 5.32 Å². The Morgan fingerprint density at radius 2 is 1.96 bits per heavy atom. The molecule has 1 aliphatic rings. The second-order valence-electron chi connectivity index (χ2n) is 6.31. The number of hydrogen-bond donors (Lipinski definition) is 1. The maximum absolute atomic E-state index is 12.4. The highest BCUT2D eigenvalue weighted by Gasteiger charge is 2.26. The van der Waals surface area contributed by atoms with Gasteiger partial charge in [-0.2, -0.15) is 0 Å². The van der Waals surface area contributed by atoms with E-state index in [1.54, 1.807) is 14.1 Å². The molecule has 0 saturated carbocycles. The van der Waals surface area contributed by atoms with Crippen LogP contribution in [0.4, 0.5) is 4.79 Å². The minimum absolute atomic E-state index is 0.0259. The molecule has 0 aliphatic carbocycles. The van der Waals surface area contributed by atoms with E-state index in [-0.39, 0.29) is 24.5 Å². The molecule has 5 heteroatoms. The fourth-order valence-corrected chi connectivity index (χ4v) is 3.02. The Morgan fingerprint density at radius 1 is 1.22 bits per heavy atom. The van der Waals surface area contributed by atoms with Crippen molar-refractivity contribution in [1.29, 1.82) is 0 Å². The second-order valence-corrected chi connectivity index (χ2v) is 6.31. The Morgan fingerprint density at radius 3 is 2.65 bits per heavy atom. The molecule has 2 rings (SSSR count). The highest BCUT2D eigenvalue weighted by molar-refractivity contribution is 5.84. The van der Waals surface area contributed by atoms with Crippen molar-refractivity contribution >= 4 is 11.9 Å². The number of carbonyl (C=O) groups excluding carboxylic acids is 2. The van der Waals surface area contributed by atoms with Gasteiger partial charge in [0.05, 0.1) is 6.54 Å². The van der Waals surface area contributed by atoms with Crippen LogP contribution in [-0.2, 0) is 11.2 Å². The van der Waals surface area contributed by atoms with Crippen molar-refractivity contribution in [2.24, 2.45) is 0 Å². The van der Waals surface area contributed by atoms with Gasteiger partial charge in [-0.05, 0) is 37.7 Å². The average molecular weight is 317 g/mol. The van der Waals surface area contributed by atoms with E-state index in [1.165, 1.54) is 16.9 Å². The van der Waals surface area contributed by atoms with Crippen molar-refractivity contribution in [3.05, 3.63) is 35.9 Å². The molecule has 1 aromatic rings. The molecular weight excluding hydrogens is 290 g/mol. The summed E-state index contributed by atoms with van der Waals surface area (Å²) in [5, 5.41) is 2.67. The van der Waals surface area contributed by atoms with Crippen LogP contribution in [0.3, 0.4) is 0 Å². The Bertz CT molecular complexity index is 516. The van der Waals surface area contributed by atoms with Crippen molar-refractivity contribution in [1.82, 2.24) is 15.1 Å². The maximum Gasteiger partial charge on any atom is 0.317 e. The third-order valence-corrected chi connectivity index (χ3v) is 4.35. The highest BCUT2D eigenvalue weighted by Crippen LogP contribution is 2.21. The number of rotatable bonds is 5. The molecule has 1 saturated heterocycles. The number of nitrogens with one attached hydrogen (secondary N) is 1. The third-order valence-electron chi connectivity index (χ3n) is 4.35. The molecule has 1 atom stereocenters. The van der Waals surface area contributed by atoms with Gasteiger partial charge >= 0.3 is 6.03 Å². The molecule has 0 spiro atoms. The summed E-state index contributed by atoms with van der Waals surface area (Å²) in [6.45, 7) is 0.884. The molecule has 1 aliphatic heterocycles. The van der Waals surface area contributed by atoms with Crippen molar-refractivity contribution < 1.29 is 9.59 Å². The van der Waals surface area contributed by atoms with Gasteiger partial charge in [-0.3, -0.25) is 4.79 Å². The molecule has 0 aromatic heterocycles. The first-order valence-electron chi connectivity index (χ1n) is 8.36. The predicted molar refractivity (Wildman–Crippen MR) is 91.2 cm³/mol. The molecule has 23 heavy (non-hydrogen) atoms. The van der Waals surface area contributed by atoms with Gasteiger partial charge in [-0.15, -0.1) is 0 Å². The molecule has 1 unspecified atom stereocenters. The molecule has 1 aromatic carbocycles. The quantitative estimate of drug-likeness (QED) is 0.906. The Balaban J connectivity index is 1.87. The first-order valence-corrected chi connectivity index (χ1v) is 8.36. The van der Waals surface area contributed by atoms with Gasteiger partial charge in [0.1, 0.15) is 0 Å². The lowest BCUT2D eigenvalue weighted by Gasteiger charge is -2.36. The predicted octanol–water partition coefficient (Wildman–Crippen LogP) is 2.27. The zero-order chi connectivity index (χ0) is 16.7. The van der Waals surface area contributed by atoms with Gasteiger partial charge in [0.2, 0.25) is 5.91 Å². The molecule has 5 nitrogen and oxygen atoms in total. The van der Waals surface area contributed by atoms with E-state index in [9.17, 15) is 9.59 Å². The van der Waals surface area contributed by atoms with Gasteiger partial charge < -0.3 is 15.1 Å². The van der Waals surface area contributed by atoms with E-state index in [1.807, 2.05) is 11.0 Å². The molecule has 1 N–H and O–H groups in total. The maximum atomic E-state index is 12.4. The smallest absolute Gasteiger partial charge is 0.317 e. The Labute approximate surface area is 138 Å². The van der Waals surface area contributed by atoms with Gasteiger partial charge in [-0.1, -0.05) is 30.3 Å². The molecule has 1 heterocycles. The van der Waals surface area contributed by atoms with E-state index in [2.05, 4.69) is 29.6 Å². The topological polar surface area (TPSA) is 52.7 Å². The number of piperidine rings is 1. The lowest BCUT2D eigenvalue weighted by molar-refractivity contribution is -0.133. The lowest BCUT2D eigenvalue weighted by Crippen LogP contribution is -2.49. The zero-order valence-electron chi connectivity index (χ0n) is 14.1. The Hall–Kier alpha value is -2.04. The van der Waals surface area contributed by atoms with Crippen molar-refractivity contribution in [2.45, 2.75) is 38.1 Å². The average Bonchev–Trinajstić information content (AvgIpc) is 2.58. The Kier molecular flexibility index (Phi) is 6.44. The van der Waals surface area contributed by atoms with E-state index in [4.69, 9.17) is 0 Å². The van der Waals surface area contributed by atoms with Crippen LogP contribution in [0.5, 0.6) is 0 Å². The van der Waals surface area contributed by atoms with Crippen LogP contribution in [0.15, 0.2) is 30.3 Å². The van der Waals surface area contributed by atoms with Gasteiger partial charge in [0.15, 0.2) is 0 Å². The number of aryl methyl sites for hydroxylation is 1. The molecule has 1 fully saturated rings. The van der Waals surface area contributed by atoms with Crippen LogP contribution in [0.1, 0.15) is 31.2 Å². The largest absolute Gasteiger partial charge is 0.338 e. The summed E-state index contributed by atoms with van der Waals surface area (Å²) in [7, 11) is 3.34. The standard InChI is InChI=1S/C18H27N3O2/c1-20(2)18(23)19-14-17(22)21-13-7-6-10-16(21)12-11-15-8-4-3-5-9-15/h3-5,8-9,16H,6-7,10-14H2,1-2H3,(H,19,23). The third kappa shape index (κ3) is 5.27. The molecular formula is C18H27N3O2. The fraction of sp³-hybridized carbons (Fsp3) is 0.556. The lowest BCUT2D eigenvalue weighted by atomic mass is 9.95. The first kappa shape index (κ1) is 17.3. The minimum Gasteiger partial charge on any atom is -0.338 e. The van der Waals surface area contributed by atoms with Crippen LogP contribution in [0.2, 0.25) is 0 Å². The number of benzene rings is 1. The van der Waals surface area contributed by atoms with Crippen LogP contribution in [-0.4, -0.2) is 55.0 Å². The van der Waals surface area contributed by atoms with E-state index < -0.39 is 0 Å². The summed E-state index contributed by atoms with van der Waals surface area (Å²) >= 11 is 0. The summed E-state index contributed by atoms with van der Waals surface area (Å²) in [6.07, 6.45) is 5.25. The van der Waals surface area contributed by atoms with Gasteiger partial charge in [-0.25, -0.2) is 4.79 Å². The van der Waals surface area contributed by atoms with Crippen LogP contribution in [0.25, 0.3) is 0 Å². The second kappa shape index (κ2) is 8.56. The zero-order valence-corrected chi connectivity index (χ0v) is 14.1. The van der Waals surface area contributed by atoms with E-state index >= 15 is 0 Å². The minimum atomic E-state index is -0.226. The normalized spacial score (nSPS) is 17.7. The van der Waals surface area contributed by atoms with E-state index in [0.717, 1.165) is 32.2 Å². The van der Waals surface area contributed by atoms with Crippen LogP contribution >= 0.6 is 0 Å². The molecule has 0 radical (unpaired) electrons. The monoisotopic (exact) mass is 317 g/mol. The summed E-state index contributed by atoms with van der Waals surface area (Å²) in [6, 6.07) is 10.4. The van der Waals surface area contributed by atoms with Crippen LogP contribution in [0, 0.1) is 0 Å². The summed E-state index contributed by atoms with van der Waals surface area (Å²) < 4.78 is 0. The number of urea groups is 1. The molecule has 3 amide bonds. The van der Waals surface area contributed by atoms with Gasteiger partial charge in [0, 0.05) is 26.7 Å². The van der Waals surface area contributed by atoms with E-state index in [0.29, 0.717) is 0 Å².